The Kier molecular flexibility index (Phi) is 5.19. The van der Waals surface area contributed by atoms with Crippen LogP contribution in [0.3, 0.4) is 0 Å². The van der Waals surface area contributed by atoms with E-state index in [1.54, 1.807) is 13.2 Å². The predicted molar refractivity (Wildman–Crippen MR) is 103 cm³/mol. The van der Waals surface area contributed by atoms with Gasteiger partial charge in [-0.05, 0) is 36.4 Å². The molecular formula is C17H16ClN3O3S2. The number of aromatic nitrogens is 1. The average molecular weight is 410 g/mol. The van der Waals surface area contributed by atoms with Crippen molar-refractivity contribution in [2.24, 2.45) is 17.2 Å². The standard InChI is InChI=1S/C17H16ClN3O3S2/c1-21-15(11-3-8-14(18)16(9-11)26(19,22)23)10-25-17(21)20-12-4-6-13(24-2)7-5-12/h3-10H,1-2H3,(H2,19,22,23)/b20-17+. The summed E-state index contributed by atoms with van der Waals surface area (Å²) in [5, 5.41) is 7.22. The number of rotatable bonds is 4. The minimum Gasteiger partial charge on any atom is -0.497 e. The van der Waals surface area contributed by atoms with Crippen LogP contribution in [0.1, 0.15) is 0 Å². The highest BCUT2D eigenvalue weighted by Gasteiger charge is 2.15. The lowest BCUT2D eigenvalue weighted by atomic mass is 10.2. The topological polar surface area (TPSA) is 86.7 Å². The molecule has 0 bridgehead atoms. The van der Waals surface area contributed by atoms with E-state index in [1.807, 2.05) is 41.3 Å². The first-order valence-corrected chi connectivity index (χ1v) is 10.3. The van der Waals surface area contributed by atoms with E-state index < -0.39 is 10.0 Å². The van der Waals surface area contributed by atoms with Crippen LogP contribution in [0.4, 0.5) is 5.69 Å². The lowest BCUT2D eigenvalue weighted by Crippen LogP contribution is -2.13. The normalized spacial score (nSPS) is 12.4. The van der Waals surface area contributed by atoms with Gasteiger partial charge in [0.2, 0.25) is 10.0 Å². The molecule has 0 unspecified atom stereocenters. The zero-order chi connectivity index (χ0) is 18.9. The van der Waals surface area contributed by atoms with Gasteiger partial charge >= 0.3 is 0 Å². The van der Waals surface area contributed by atoms with Crippen molar-refractivity contribution in [2.75, 3.05) is 7.11 Å². The van der Waals surface area contributed by atoms with Crippen molar-refractivity contribution in [3.05, 3.63) is 57.7 Å². The number of nitrogens with zero attached hydrogens (tertiary/aromatic N) is 2. The fourth-order valence-electron chi connectivity index (χ4n) is 2.38. The molecule has 2 aromatic carbocycles. The smallest absolute Gasteiger partial charge is 0.239 e. The molecule has 0 spiro atoms. The first-order valence-electron chi connectivity index (χ1n) is 7.45. The van der Waals surface area contributed by atoms with Crippen LogP contribution in [-0.2, 0) is 17.1 Å². The van der Waals surface area contributed by atoms with Gasteiger partial charge < -0.3 is 9.30 Å². The van der Waals surface area contributed by atoms with Gasteiger partial charge in [-0.15, -0.1) is 11.3 Å². The molecule has 0 saturated heterocycles. The van der Waals surface area contributed by atoms with E-state index in [0.29, 0.717) is 5.56 Å². The lowest BCUT2D eigenvalue weighted by molar-refractivity contribution is 0.415. The van der Waals surface area contributed by atoms with E-state index in [4.69, 9.17) is 21.5 Å². The van der Waals surface area contributed by atoms with Gasteiger partial charge in [0.15, 0.2) is 4.80 Å². The zero-order valence-corrected chi connectivity index (χ0v) is 16.4. The number of benzene rings is 2. The highest BCUT2D eigenvalue weighted by molar-refractivity contribution is 7.89. The minimum atomic E-state index is -3.90. The Morgan fingerprint density at radius 3 is 2.50 bits per heavy atom. The maximum absolute atomic E-state index is 11.7. The zero-order valence-electron chi connectivity index (χ0n) is 14.0. The number of ether oxygens (including phenoxy) is 1. The van der Waals surface area contributed by atoms with Gasteiger partial charge in [0, 0.05) is 18.0 Å². The molecule has 3 aromatic rings. The Hall–Kier alpha value is -2.13. The van der Waals surface area contributed by atoms with Gasteiger partial charge in [-0.25, -0.2) is 18.5 Å². The monoisotopic (exact) mass is 409 g/mol. The van der Waals surface area contributed by atoms with Crippen molar-refractivity contribution in [1.82, 2.24) is 4.57 Å². The van der Waals surface area contributed by atoms with Gasteiger partial charge in [-0.3, -0.25) is 0 Å². The minimum absolute atomic E-state index is 0.0947. The number of thiazole rings is 1. The molecule has 0 radical (unpaired) electrons. The summed E-state index contributed by atoms with van der Waals surface area (Å²) in [6.45, 7) is 0. The summed E-state index contributed by atoms with van der Waals surface area (Å²) >= 11 is 7.40. The number of hydrogen-bond acceptors (Lipinski definition) is 5. The number of hydrogen-bond donors (Lipinski definition) is 1. The second-order valence-electron chi connectivity index (χ2n) is 5.46. The Morgan fingerprint density at radius 1 is 1.19 bits per heavy atom. The molecule has 0 aliphatic rings. The quantitative estimate of drug-likeness (QED) is 0.717. The molecule has 26 heavy (non-hydrogen) atoms. The van der Waals surface area contributed by atoms with Crippen LogP contribution >= 0.6 is 22.9 Å². The van der Waals surface area contributed by atoms with Crippen molar-refractivity contribution in [3.8, 4) is 17.0 Å². The third-order valence-electron chi connectivity index (χ3n) is 3.75. The molecule has 0 fully saturated rings. The molecule has 2 N–H and O–H groups in total. The van der Waals surface area contributed by atoms with Gasteiger partial charge in [-0.1, -0.05) is 17.7 Å². The van der Waals surface area contributed by atoms with Crippen LogP contribution < -0.4 is 14.7 Å². The second kappa shape index (κ2) is 7.24. The Bertz CT molecular complexity index is 1120. The number of nitrogens with two attached hydrogens (primary N) is 1. The molecule has 3 rings (SSSR count). The van der Waals surface area contributed by atoms with E-state index >= 15 is 0 Å². The Balaban J connectivity index is 2.05. The van der Waals surface area contributed by atoms with Gasteiger partial charge in [0.25, 0.3) is 0 Å². The Labute approximate surface area is 160 Å². The molecule has 6 nitrogen and oxygen atoms in total. The van der Waals surface area contributed by atoms with Crippen LogP contribution in [0.25, 0.3) is 11.3 Å². The maximum Gasteiger partial charge on any atom is 0.239 e. The van der Waals surface area contributed by atoms with Crippen molar-refractivity contribution in [2.45, 2.75) is 4.90 Å². The van der Waals surface area contributed by atoms with Gasteiger partial charge in [0.05, 0.1) is 23.5 Å². The predicted octanol–water partition coefficient (Wildman–Crippen LogP) is 3.30. The van der Waals surface area contributed by atoms with Gasteiger partial charge in [0.1, 0.15) is 10.6 Å². The fraction of sp³-hybridized carbons (Fsp3) is 0.118. The van der Waals surface area contributed by atoms with Crippen molar-refractivity contribution in [1.29, 1.82) is 0 Å². The number of primary sulfonamides is 1. The third-order valence-corrected chi connectivity index (χ3v) is 6.06. The van der Waals surface area contributed by atoms with E-state index in [0.717, 1.165) is 21.9 Å². The highest BCUT2D eigenvalue weighted by Crippen LogP contribution is 2.28. The summed E-state index contributed by atoms with van der Waals surface area (Å²) in [5.74, 6) is 0.761. The van der Waals surface area contributed by atoms with Crippen molar-refractivity contribution >= 4 is 38.6 Å². The van der Waals surface area contributed by atoms with Crippen LogP contribution in [0, 0.1) is 0 Å². The lowest BCUT2D eigenvalue weighted by Gasteiger charge is -2.07. The van der Waals surface area contributed by atoms with Crippen molar-refractivity contribution < 1.29 is 13.2 Å². The molecule has 0 aliphatic carbocycles. The molecule has 9 heteroatoms. The van der Waals surface area contributed by atoms with Crippen LogP contribution in [0.5, 0.6) is 5.75 Å². The average Bonchev–Trinajstić information content (AvgIpc) is 2.96. The second-order valence-corrected chi connectivity index (χ2v) is 8.24. The van der Waals surface area contributed by atoms with E-state index in [2.05, 4.69) is 4.99 Å². The molecule has 0 aliphatic heterocycles. The van der Waals surface area contributed by atoms with Crippen LogP contribution in [-0.4, -0.2) is 20.1 Å². The van der Waals surface area contributed by atoms with E-state index in [-0.39, 0.29) is 9.92 Å². The largest absolute Gasteiger partial charge is 0.497 e. The summed E-state index contributed by atoms with van der Waals surface area (Å²) in [5.41, 5.74) is 2.29. The fourth-order valence-corrected chi connectivity index (χ4v) is 4.38. The number of methoxy groups -OCH3 is 1. The molecule has 0 saturated carbocycles. The highest BCUT2D eigenvalue weighted by atomic mass is 35.5. The first kappa shape index (κ1) is 18.7. The molecule has 0 amide bonds. The number of halogens is 1. The van der Waals surface area contributed by atoms with E-state index in [1.165, 1.54) is 23.5 Å². The third kappa shape index (κ3) is 3.83. The van der Waals surface area contributed by atoms with Gasteiger partial charge in [-0.2, -0.15) is 0 Å². The number of sulfonamides is 1. The first-order chi connectivity index (χ1) is 12.3. The molecular weight excluding hydrogens is 394 g/mol. The Morgan fingerprint density at radius 2 is 1.88 bits per heavy atom. The molecule has 136 valence electrons. The van der Waals surface area contributed by atoms with Crippen LogP contribution in [0.15, 0.2) is 57.7 Å². The van der Waals surface area contributed by atoms with Crippen molar-refractivity contribution in [3.63, 3.8) is 0 Å². The summed E-state index contributed by atoms with van der Waals surface area (Å²) in [7, 11) is -0.427. The molecule has 1 aromatic heterocycles. The summed E-state index contributed by atoms with van der Waals surface area (Å²) in [6, 6.07) is 12.1. The van der Waals surface area contributed by atoms with Crippen LogP contribution in [0.2, 0.25) is 5.02 Å². The molecule has 1 heterocycles. The SMILES string of the molecule is COc1ccc(/N=c2/scc(-c3ccc(Cl)c(S(N)(=O)=O)c3)n2C)cc1. The summed E-state index contributed by atoms with van der Waals surface area (Å²) in [4.78, 5) is 5.27. The van der Waals surface area contributed by atoms with E-state index in [9.17, 15) is 8.42 Å². The summed E-state index contributed by atoms with van der Waals surface area (Å²) in [6.07, 6.45) is 0. The molecule has 0 atom stereocenters. The maximum atomic E-state index is 11.7. The summed E-state index contributed by atoms with van der Waals surface area (Å²) < 4.78 is 30.4.